The van der Waals surface area contributed by atoms with Crippen LogP contribution in [0.15, 0.2) is 77.7 Å². The van der Waals surface area contributed by atoms with Crippen molar-refractivity contribution in [3.8, 4) is 0 Å². The van der Waals surface area contributed by atoms with Crippen molar-refractivity contribution >= 4 is 33.0 Å². The Labute approximate surface area is 188 Å². The number of anilines is 3. The monoisotopic (exact) mass is 451 g/mol. The Kier molecular flexibility index (Phi) is 6.43. The fraction of sp³-hybridized carbons (Fsp3) is 0.208. The summed E-state index contributed by atoms with van der Waals surface area (Å²) in [5, 5.41) is 2.94. The number of morpholine rings is 1. The Morgan fingerprint density at radius 1 is 0.875 bits per heavy atom. The highest BCUT2D eigenvalue weighted by Crippen LogP contribution is 2.28. The molecule has 1 amide bonds. The number of para-hydroxylation sites is 3. The number of nitrogens with zero attached hydrogens (tertiary/aromatic N) is 1. The lowest BCUT2D eigenvalue weighted by Gasteiger charge is -2.30. The summed E-state index contributed by atoms with van der Waals surface area (Å²) in [4.78, 5) is 15.4. The van der Waals surface area contributed by atoms with Gasteiger partial charge in [0.05, 0.1) is 40.7 Å². The van der Waals surface area contributed by atoms with Crippen LogP contribution < -0.4 is 14.9 Å². The summed E-state index contributed by atoms with van der Waals surface area (Å²) in [6.07, 6.45) is 0. The second-order valence-electron chi connectivity index (χ2n) is 7.53. The molecular formula is C24H25N3O4S. The summed E-state index contributed by atoms with van der Waals surface area (Å²) in [6, 6.07) is 20.7. The summed E-state index contributed by atoms with van der Waals surface area (Å²) < 4.78 is 33.7. The Morgan fingerprint density at radius 2 is 1.50 bits per heavy atom. The summed E-state index contributed by atoms with van der Waals surface area (Å²) in [7, 11) is -3.84. The van der Waals surface area contributed by atoms with E-state index in [-0.39, 0.29) is 16.1 Å². The van der Waals surface area contributed by atoms with Crippen LogP contribution in [0.2, 0.25) is 0 Å². The highest BCUT2D eigenvalue weighted by molar-refractivity contribution is 7.92. The van der Waals surface area contributed by atoms with Crippen LogP contribution in [-0.4, -0.2) is 40.6 Å². The molecule has 7 nitrogen and oxygen atoms in total. The van der Waals surface area contributed by atoms with Crippen molar-refractivity contribution in [1.29, 1.82) is 0 Å². The molecule has 1 aliphatic heterocycles. The molecule has 0 saturated carbocycles. The minimum absolute atomic E-state index is 0.135. The van der Waals surface area contributed by atoms with E-state index in [0.29, 0.717) is 18.9 Å². The van der Waals surface area contributed by atoms with Crippen molar-refractivity contribution in [3.63, 3.8) is 0 Å². The van der Waals surface area contributed by atoms with Crippen LogP contribution in [0, 0.1) is 6.92 Å². The molecule has 2 N–H and O–H groups in total. The van der Waals surface area contributed by atoms with Crippen LogP contribution in [0.4, 0.5) is 17.1 Å². The maximum absolute atomic E-state index is 13.1. The van der Waals surface area contributed by atoms with Crippen LogP contribution in [0.1, 0.15) is 15.9 Å². The van der Waals surface area contributed by atoms with Crippen LogP contribution in [-0.2, 0) is 14.8 Å². The first-order chi connectivity index (χ1) is 15.4. The Morgan fingerprint density at radius 3 is 2.22 bits per heavy atom. The summed E-state index contributed by atoms with van der Waals surface area (Å²) in [6.45, 7) is 4.62. The van der Waals surface area contributed by atoms with E-state index in [2.05, 4.69) is 14.9 Å². The first-order valence-corrected chi connectivity index (χ1v) is 11.8. The molecule has 166 valence electrons. The zero-order valence-electron chi connectivity index (χ0n) is 17.7. The minimum Gasteiger partial charge on any atom is -0.378 e. The van der Waals surface area contributed by atoms with Gasteiger partial charge in [-0.2, -0.15) is 0 Å². The van der Waals surface area contributed by atoms with Gasteiger partial charge in [-0.25, -0.2) is 8.42 Å². The first-order valence-electron chi connectivity index (χ1n) is 10.4. The van der Waals surface area contributed by atoms with E-state index in [4.69, 9.17) is 4.74 Å². The Hall–Kier alpha value is -3.36. The van der Waals surface area contributed by atoms with Gasteiger partial charge in [0.25, 0.3) is 15.9 Å². The number of nitrogens with one attached hydrogen (secondary N) is 2. The van der Waals surface area contributed by atoms with E-state index in [1.807, 2.05) is 31.2 Å². The number of carbonyl (C=O) groups is 1. The fourth-order valence-electron chi connectivity index (χ4n) is 3.54. The van der Waals surface area contributed by atoms with E-state index in [0.717, 1.165) is 24.3 Å². The summed E-state index contributed by atoms with van der Waals surface area (Å²) in [5.74, 6) is -0.395. The molecule has 3 aromatic carbocycles. The SMILES string of the molecule is Cc1ccc(S(=O)(=O)Nc2ccccc2C(=O)Nc2ccccc2N2CCOCC2)cc1. The molecule has 4 rings (SSSR count). The third-order valence-electron chi connectivity index (χ3n) is 5.25. The van der Waals surface area contributed by atoms with Crippen LogP contribution in [0.5, 0.6) is 0 Å². The van der Waals surface area contributed by atoms with Gasteiger partial charge in [0, 0.05) is 13.1 Å². The number of benzene rings is 3. The number of rotatable bonds is 6. The number of carbonyl (C=O) groups excluding carboxylic acids is 1. The van der Waals surface area contributed by atoms with Crippen molar-refractivity contribution in [2.45, 2.75) is 11.8 Å². The van der Waals surface area contributed by atoms with Crippen molar-refractivity contribution in [2.75, 3.05) is 41.2 Å². The third kappa shape index (κ3) is 4.92. The van der Waals surface area contributed by atoms with Gasteiger partial charge in [0.2, 0.25) is 0 Å². The molecule has 1 saturated heterocycles. The molecule has 0 spiro atoms. The van der Waals surface area contributed by atoms with Gasteiger partial charge in [0.15, 0.2) is 0 Å². The van der Waals surface area contributed by atoms with Crippen LogP contribution in [0.25, 0.3) is 0 Å². The number of hydrogen-bond acceptors (Lipinski definition) is 5. The van der Waals surface area contributed by atoms with Crippen molar-refractivity contribution < 1.29 is 17.9 Å². The second-order valence-corrected chi connectivity index (χ2v) is 9.22. The molecule has 0 aromatic heterocycles. The molecule has 0 atom stereocenters. The molecule has 8 heteroatoms. The molecule has 0 radical (unpaired) electrons. The lowest BCUT2D eigenvalue weighted by Crippen LogP contribution is -2.36. The van der Waals surface area contributed by atoms with Gasteiger partial charge in [-0.3, -0.25) is 9.52 Å². The standard InChI is InChI=1S/C24H25N3O4S/c1-18-10-12-19(13-11-18)32(29,30)26-21-7-3-2-6-20(21)24(28)25-22-8-4-5-9-23(22)27-14-16-31-17-15-27/h2-13,26H,14-17H2,1H3,(H,25,28). The van der Waals surface area contributed by atoms with Crippen molar-refractivity contribution in [1.82, 2.24) is 0 Å². The largest absolute Gasteiger partial charge is 0.378 e. The molecule has 0 aliphatic carbocycles. The van der Waals surface area contributed by atoms with E-state index in [1.165, 1.54) is 0 Å². The van der Waals surface area contributed by atoms with Gasteiger partial charge >= 0.3 is 0 Å². The molecule has 0 bridgehead atoms. The first kappa shape index (κ1) is 21.9. The molecular weight excluding hydrogens is 426 g/mol. The topological polar surface area (TPSA) is 87.7 Å². The number of ether oxygens (including phenoxy) is 1. The van der Waals surface area contributed by atoms with E-state index in [9.17, 15) is 13.2 Å². The number of aryl methyl sites for hydroxylation is 1. The van der Waals surface area contributed by atoms with E-state index in [1.54, 1.807) is 48.5 Å². The minimum atomic E-state index is -3.84. The van der Waals surface area contributed by atoms with Gasteiger partial charge in [-0.15, -0.1) is 0 Å². The van der Waals surface area contributed by atoms with Gasteiger partial charge in [0.1, 0.15) is 0 Å². The molecule has 3 aromatic rings. The van der Waals surface area contributed by atoms with E-state index >= 15 is 0 Å². The van der Waals surface area contributed by atoms with Gasteiger partial charge < -0.3 is 15.0 Å². The van der Waals surface area contributed by atoms with Crippen molar-refractivity contribution in [2.24, 2.45) is 0 Å². The average molecular weight is 452 g/mol. The maximum atomic E-state index is 13.1. The highest BCUT2D eigenvalue weighted by Gasteiger charge is 2.20. The quantitative estimate of drug-likeness (QED) is 0.594. The molecule has 0 unspecified atom stereocenters. The van der Waals surface area contributed by atoms with Gasteiger partial charge in [-0.05, 0) is 43.3 Å². The molecule has 32 heavy (non-hydrogen) atoms. The zero-order chi connectivity index (χ0) is 22.6. The lowest BCUT2D eigenvalue weighted by molar-refractivity contribution is 0.102. The zero-order valence-corrected chi connectivity index (χ0v) is 18.6. The predicted octanol–water partition coefficient (Wildman–Crippen LogP) is 3.88. The molecule has 1 aliphatic rings. The predicted molar refractivity (Wildman–Crippen MR) is 126 cm³/mol. The smallest absolute Gasteiger partial charge is 0.261 e. The highest BCUT2D eigenvalue weighted by atomic mass is 32.2. The maximum Gasteiger partial charge on any atom is 0.261 e. The second kappa shape index (κ2) is 9.42. The molecule has 1 heterocycles. The normalized spacial score (nSPS) is 14.1. The number of hydrogen-bond donors (Lipinski definition) is 2. The Bertz CT molecular complexity index is 1200. The van der Waals surface area contributed by atoms with Crippen LogP contribution >= 0.6 is 0 Å². The van der Waals surface area contributed by atoms with E-state index < -0.39 is 15.9 Å². The van der Waals surface area contributed by atoms with Gasteiger partial charge in [-0.1, -0.05) is 42.0 Å². The third-order valence-corrected chi connectivity index (χ3v) is 6.63. The molecule has 1 fully saturated rings. The van der Waals surface area contributed by atoms with Crippen LogP contribution in [0.3, 0.4) is 0 Å². The Balaban J connectivity index is 1.58. The number of amides is 1. The fourth-order valence-corrected chi connectivity index (χ4v) is 4.62. The average Bonchev–Trinajstić information content (AvgIpc) is 2.80. The lowest BCUT2D eigenvalue weighted by atomic mass is 10.1. The summed E-state index contributed by atoms with van der Waals surface area (Å²) >= 11 is 0. The van der Waals surface area contributed by atoms with Crippen molar-refractivity contribution in [3.05, 3.63) is 83.9 Å². The number of sulfonamides is 1. The summed E-state index contributed by atoms with van der Waals surface area (Å²) in [5.41, 5.74) is 2.98.